The molecule has 1 unspecified atom stereocenters. The number of ketones is 1. The van der Waals surface area contributed by atoms with Gasteiger partial charge in [-0.25, -0.2) is 0 Å². The first-order valence-corrected chi connectivity index (χ1v) is 6.77. The first kappa shape index (κ1) is 15.2. The third-order valence-corrected chi connectivity index (χ3v) is 3.49. The number of hydrogen-bond acceptors (Lipinski definition) is 8. The molecule has 3 N–H and O–H groups in total. The lowest BCUT2D eigenvalue weighted by Gasteiger charge is -2.34. The number of carbonyl (C=O) groups excluding carboxylic acids is 1. The second kappa shape index (κ2) is 6.19. The maximum atomic E-state index is 11.9. The van der Waals surface area contributed by atoms with E-state index >= 15 is 0 Å². The summed E-state index contributed by atoms with van der Waals surface area (Å²) in [6.45, 7) is -0.734. The van der Waals surface area contributed by atoms with Gasteiger partial charge in [-0.1, -0.05) is 0 Å². The van der Waals surface area contributed by atoms with Crippen molar-refractivity contribution >= 4 is 5.78 Å². The smallest absolute Gasteiger partial charge is 0.231 e. The number of Topliss-reactive ketones (excluding diaryl/α,β-unsaturated/α-hetero) is 1. The van der Waals surface area contributed by atoms with E-state index in [0.29, 0.717) is 17.1 Å². The molecule has 1 saturated heterocycles. The third-order valence-electron chi connectivity index (χ3n) is 3.49. The lowest BCUT2D eigenvalue weighted by atomic mass is 10.0. The fourth-order valence-electron chi connectivity index (χ4n) is 2.31. The van der Waals surface area contributed by atoms with Crippen LogP contribution in [0.1, 0.15) is 11.9 Å². The maximum absolute atomic E-state index is 11.9. The molecule has 2 aliphatic rings. The van der Waals surface area contributed by atoms with Crippen LogP contribution in [0.25, 0.3) is 0 Å². The molecule has 0 radical (unpaired) electrons. The van der Waals surface area contributed by atoms with Crippen LogP contribution in [-0.2, 0) is 14.3 Å². The van der Waals surface area contributed by atoms with Crippen LogP contribution in [0.2, 0.25) is 0 Å². The summed E-state index contributed by atoms with van der Waals surface area (Å²) in [4.78, 5) is 11.9. The van der Waals surface area contributed by atoms with Crippen LogP contribution in [0.5, 0.6) is 11.5 Å². The Bertz CT molecular complexity index is 560. The highest BCUT2D eigenvalue weighted by atomic mass is 16.7. The molecule has 8 heteroatoms. The minimum atomic E-state index is -1.60. The molecule has 2 aliphatic heterocycles. The van der Waals surface area contributed by atoms with Crippen LogP contribution in [0.3, 0.4) is 0 Å². The summed E-state index contributed by atoms with van der Waals surface area (Å²) in [5, 5.41) is 28.0. The van der Waals surface area contributed by atoms with Crippen LogP contribution in [-0.4, -0.2) is 59.4 Å². The Balaban J connectivity index is 1.76. The van der Waals surface area contributed by atoms with Crippen molar-refractivity contribution in [2.45, 2.75) is 24.6 Å². The molecule has 0 bridgehead atoms. The molecule has 8 nitrogen and oxygen atoms in total. The molecule has 0 aromatic heterocycles. The van der Waals surface area contributed by atoms with E-state index in [0.717, 1.165) is 0 Å². The van der Waals surface area contributed by atoms with Gasteiger partial charge in [0, 0.05) is 5.56 Å². The number of aliphatic hydroxyl groups is 3. The number of aliphatic hydroxyl groups excluding tert-OH is 3. The van der Waals surface area contributed by atoms with Crippen molar-refractivity contribution in [3.8, 4) is 11.5 Å². The Morgan fingerprint density at radius 3 is 2.86 bits per heavy atom. The predicted octanol–water partition coefficient (Wildman–Crippen LogP) is -0.888. The number of benzene rings is 1. The van der Waals surface area contributed by atoms with Crippen LogP contribution in [0, 0.1) is 0 Å². The molecule has 0 spiro atoms. The van der Waals surface area contributed by atoms with Crippen molar-refractivity contribution in [1.29, 1.82) is 0 Å². The number of rotatable bonds is 4. The average Bonchev–Trinajstić information content (AvgIpc) is 3.01. The van der Waals surface area contributed by atoms with Crippen molar-refractivity contribution in [2.24, 2.45) is 0 Å². The largest absolute Gasteiger partial charge is 0.454 e. The van der Waals surface area contributed by atoms with E-state index in [4.69, 9.17) is 24.1 Å². The van der Waals surface area contributed by atoms with Gasteiger partial charge in [-0.2, -0.15) is 0 Å². The van der Waals surface area contributed by atoms with Gasteiger partial charge in [0.2, 0.25) is 6.79 Å². The van der Waals surface area contributed by atoms with E-state index in [2.05, 4.69) is 0 Å². The van der Waals surface area contributed by atoms with Gasteiger partial charge < -0.3 is 34.3 Å². The zero-order chi connectivity index (χ0) is 15.7. The second-order valence-corrected chi connectivity index (χ2v) is 5.00. The topological polar surface area (TPSA) is 115 Å². The van der Waals surface area contributed by atoms with Crippen molar-refractivity contribution in [2.75, 3.05) is 20.0 Å². The Kier molecular flexibility index (Phi) is 4.27. The van der Waals surface area contributed by atoms with Gasteiger partial charge >= 0.3 is 0 Å². The van der Waals surface area contributed by atoms with E-state index in [9.17, 15) is 15.0 Å². The first-order chi connectivity index (χ1) is 10.6. The van der Waals surface area contributed by atoms with Gasteiger partial charge in [-0.3, -0.25) is 4.79 Å². The number of hydrogen-bond donors (Lipinski definition) is 3. The summed E-state index contributed by atoms with van der Waals surface area (Å²) in [5.74, 6) is 0.348. The molecule has 1 aromatic rings. The fourth-order valence-corrected chi connectivity index (χ4v) is 2.31. The molecule has 1 aromatic carbocycles. The molecule has 4 atom stereocenters. The van der Waals surface area contributed by atoms with Crippen molar-refractivity contribution < 1.29 is 39.1 Å². The van der Waals surface area contributed by atoms with E-state index < -0.39 is 37.0 Å². The maximum Gasteiger partial charge on any atom is 0.231 e. The van der Waals surface area contributed by atoms with E-state index in [1.54, 1.807) is 18.2 Å². The van der Waals surface area contributed by atoms with E-state index in [1.807, 2.05) is 0 Å². The Hall–Kier alpha value is -1.71. The van der Waals surface area contributed by atoms with Crippen LogP contribution >= 0.6 is 0 Å². The van der Waals surface area contributed by atoms with Gasteiger partial charge in [-0.15, -0.1) is 0 Å². The lowest BCUT2D eigenvalue weighted by molar-refractivity contribution is -0.253. The normalized spacial score (nSPS) is 28.4. The number of fused-ring (bicyclic) bond motifs is 1. The van der Waals surface area contributed by atoms with Crippen molar-refractivity contribution in [3.05, 3.63) is 23.8 Å². The minimum Gasteiger partial charge on any atom is -0.454 e. The van der Waals surface area contributed by atoms with E-state index in [1.165, 1.54) is 0 Å². The van der Waals surface area contributed by atoms with Gasteiger partial charge in [0.1, 0.15) is 12.2 Å². The van der Waals surface area contributed by atoms with Gasteiger partial charge in [0.05, 0.1) is 13.2 Å². The van der Waals surface area contributed by atoms with Crippen molar-refractivity contribution in [3.63, 3.8) is 0 Å². The quantitative estimate of drug-likeness (QED) is 0.656. The summed E-state index contributed by atoms with van der Waals surface area (Å²) in [7, 11) is 0. The summed E-state index contributed by atoms with van der Waals surface area (Å²) < 4.78 is 21.3. The molecule has 0 amide bonds. The number of carbonyl (C=O) groups is 1. The van der Waals surface area contributed by atoms with Gasteiger partial charge in [0.15, 0.2) is 29.7 Å². The molecule has 3 rings (SSSR count). The monoisotopic (exact) mass is 312 g/mol. The first-order valence-electron chi connectivity index (χ1n) is 6.77. The highest BCUT2D eigenvalue weighted by Gasteiger charge is 2.39. The molecule has 0 saturated carbocycles. The summed E-state index contributed by atoms with van der Waals surface area (Å²) in [6.07, 6.45) is -4.97. The highest BCUT2D eigenvalue weighted by Crippen LogP contribution is 2.36. The molecule has 2 heterocycles. The highest BCUT2D eigenvalue weighted by molar-refractivity contribution is 5.88. The van der Waals surface area contributed by atoms with Crippen LogP contribution in [0.15, 0.2) is 18.2 Å². The minimum absolute atomic E-state index is 0.131. The van der Waals surface area contributed by atoms with E-state index in [-0.39, 0.29) is 13.4 Å². The molecule has 120 valence electrons. The zero-order valence-corrected chi connectivity index (χ0v) is 11.5. The predicted molar refractivity (Wildman–Crippen MR) is 70.2 cm³/mol. The Morgan fingerprint density at radius 1 is 1.32 bits per heavy atom. The molecule has 22 heavy (non-hydrogen) atoms. The third kappa shape index (κ3) is 2.79. The summed E-state index contributed by atoms with van der Waals surface area (Å²) in [5.41, 5.74) is 0.590. The fraction of sp³-hybridized carbons (Fsp3) is 0.500. The van der Waals surface area contributed by atoms with Crippen LogP contribution < -0.4 is 9.47 Å². The average molecular weight is 312 g/mol. The summed E-state index contributed by atoms with van der Waals surface area (Å²) >= 11 is 0. The zero-order valence-electron chi connectivity index (χ0n) is 11.5. The standard InChI is InChI=1S/C14H16O8/c15-4-8(16)12(18)13-9(17)5-19-14(22-13)7-1-2-10-11(3-7)21-6-20-10/h1-3,8-9,13-17H,4-6H2/t8-,9+,13+,14?/m0/s1. The Labute approximate surface area is 125 Å². The van der Waals surface area contributed by atoms with Gasteiger partial charge in [-0.05, 0) is 18.2 Å². The molecule has 0 aliphatic carbocycles. The van der Waals surface area contributed by atoms with Crippen molar-refractivity contribution in [1.82, 2.24) is 0 Å². The molecular weight excluding hydrogens is 296 g/mol. The SMILES string of the molecule is O=C([C@@H](O)CO)[C@@H]1OC(c2ccc3c(c2)OCO3)OC[C@H]1O. The van der Waals surface area contributed by atoms with Gasteiger partial charge in [0.25, 0.3) is 0 Å². The molecular formula is C14H16O8. The lowest BCUT2D eigenvalue weighted by Crippen LogP contribution is -2.49. The molecule has 1 fully saturated rings. The van der Waals surface area contributed by atoms with Crippen LogP contribution in [0.4, 0.5) is 0 Å². The summed E-state index contributed by atoms with van der Waals surface area (Å²) in [6, 6.07) is 5.05. The Morgan fingerprint density at radius 2 is 2.09 bits per heavy atom. The number of ether oxygens (including phenoxy) is 4. The second-order valence-electron chi connectivity index (χ2n) is 5.00.